The summed E-state index contributed by atoms with van der Waals surface area (Å²) in [5.41, 5.74) is 2.24. The van der Waals surface area contributed by atoms with Crippen molar-refractivity contribution in [2.75, 3.05) is 20.2 Å². The van der Waals surface area contributed by atoms with Gasteiger partial charge in [-0.15, -0.1) is 0 Å². The first-order valence-electron chi connectivity index (χ1n) is 8.96. The molecule has 0 saturated heterocycles. The molecular weight excluding hydrogens is 316 g/mol. The van der Waals surface area contributed by atoms with E-state index >= 15 is 0 Å². The lowest BCUT2D eigenvalue weighted by molar-refractivity contribution is -0.121. The number of rotatable bonds is 9. The standard InChI is InChI=1S/C19H32N4O2/c1-6-15(4)23-18(24)10-11-21-19(20-5)22-13-16-9-8-14(3)12-17(16)25-7-2/h8-9,12,15H,6-7,10-11,13H2,1-5H3,(H,23,24)(H2,20,21,22). The molecule has 0 aromatic heterocycles. The van der Waals surface area contributed by atoms with Gasteiger partial charge in [-0.25, -0.2) is 0 Å². The molecule has 1 amide bonds. The average Bonchev–Trinajstić information content (AvgIpc) is 2.59. The molecule has 1 aromatic carbocycles. The van der Waals surface area contributed by atoms with Crippen molar-refractivity contribution in [2.45, 2.75) is 53.1 Å². The number of hydrogen-bond donors (Lipinski definition) is 3. The van der Waals surface area contributed by atoms with Crippen LogP contribution < -0.4 is 20.7 Å². The molecule has 1 unspecified atom stereocenters. The van der Waals surface area contributed by atoms with E-state index in [9.17, 15) is 4.79 Å². The van der Waals surface area contributed by atoms with Gasteiger partial charge in [-0.1, -0.05) is 19.1 Å². The Morgan fingerprint density at radius 3 is 2.68 bits per heavy atom. The Balaban J connectivity index is 2.46. The Morgan fingerprint density at radius 1 is 1.28 bits per heavy atom. The third kappa shape index (κ3) is 7.92. The average molecular weight is 348 g/mol. The molecule has 1 atom stereocenters. The zero-order valence-corrected chi connectivity index (χ0v) is 16.1. The summed E-state index contributed by atoms with van der Waals surface area (Å²) in [6.07, 6.45) is 1.35. The number of aryl methyl sites for hydroxylation is 1. The van der Waals surface area contributed by atoms with E-state index < -0.39 is 0 Å². The lowest BCUT2D eigenvalue weighted by Gasteiger charge is -2.15. The zero-order chi connectivity index (χ0) is 18.7. The van der Waals surface area contributed by atoms with Crippen LogP contribution in [0.1, 0.15) is 44.7 Å². The Kier molecular flexibility index (Phi) is 9.43. The molecule has 0 aliphatic carbocycles. The van der Waals surface area contributed by atoms with Crippen molar-refractivity contribution in [1.29, 1.82) is 0 Å². The van der Waals surface area contributed by atoms with Gasteiger partial charge in [0.1, 0.15) is 5.75 Å². The van der Waals surface area contributed by atoms with Crippen LogP contribution in [0, 0.1) is 6.92 Å². The minimum atomic E-state index is 0.0504. The molecule has 0 aliphatic rings. The van der Waals surface area contributed by atoms with Gasteiger partial charge in [0.2, 0.25) is 5.91 Å². The van der Waals surface area contributed by atoms with Crippen LogP contribution in [0.3, 0.4) is 0 Å². The fraction of sp³-hybridized carbons (Fsp3) is 0.579. The van der Waals surface area contributed by atoms with Crippen LogP contribution in [-0.2, 0) is 11.3 Å². The van der Waals surface area contributed by atoms with Crippen LogP contribution in [0.15, 0.2) is 23.2 Å². The largest absolute Gasteiger partial charge is 0.494 e. The maximum Gasteiger partial charge on any atom is 0.221 e. The monoisotopic (exact) mass is 348 g/mol. The molecule has 0 bridgehead atoms. The minimum Gasteiger partial charge on any atom is -0.494 e. The fourth-order valence-electron chi connectivity index (χ4n) is 2.24. The summed E-state index contributed by atoms with van der Waals surface area (Å²) < 4.78 is 5.69. The molecule has 3 N–H and O–H groups in total. The molecule has 0 saturated carbocycles. The van der Waals surface area contributed by atoms with E-state index in [-0.39, 0.29) is 11.9 Å². The molecule has 0 aliphatic heterocycles. The predicted octanol–water partition coefficient (Wildman–Crippen LogP) is 2.36. The summed E-state index contributed by atoms with van der Waals surface area (Å²) in [4.78, 5) is 16.0. The number of benzene rings is 1. The van der Waals surface area contributed by atoms with Crippen molar-refractivity contribution in [3.05, 3.63) is 29.3 Å². The van der Waals surface area contributed by atoms with E-state index in [1.807, 2.05) is 26.8 Å². The third-order valence-corrected chi connectivity index (χ3v) is 3.86. The van der Waals surface area contributed by atoms with Crippen molar-refractivity contribution in [1.82, 2.24) is 16.0 Å². The van der Waals surface area contributed by atoms with Crippen molar-refractivity contribution in [2.24, 2.45) is 4.99 Å². The first-order chi connectivity index (χ1) is 12.0. The second-order valence-electron chi connectivity index (χ2n) is 6.02. The SMILES string of the molecule is CCOc1cc(C)ccc1CNC(=NC)NCCC(=O)NC(C)CC. The molecule has 140 valence electrons. The van der Waals surface area contributed by atoms with E-state index in [1.165, 1.54) is 5.56 Å². The second-order valence-corrected chi connectivity index (χ2v) is 6.02. The lowest BCUT2D eigenvalue weighted by Crippen LogP contribution is -2.40. The maximum atomic E-state index is 11.8. The Bertz CT molecular complexity index is 573. The van der Waals surface area contributed by atoms with Crippen molar-refractivity contribution < 1.29 is 9.53 Å². The molecule has 0 fully saturated rings. The Hall–Kier alpha value is -2.24. The van der Waals surface area contributed by atoms with Crippen molar-refractivity contribution in [3.8, 4) is 5.75 Å². The number of carbonyl (C=O) groups is 1. The van der Waals surface area contributed by atoms with Crippen molar-refractivity contribution in [3.63, 3.8) is 0 Å². The van der Waals surface area contributed by atoms with Gasteiger partial charge in [0, 0.05) is 38.2 Å². The summed E-state index contributed by atoms with van der Waals surface area (Å²) in [5, 5.41) is 9.37. The lowest BCUT2D eigenvalue weighted by atomic mass is 10.1. The quantitative estimate of drug-likeness (QED) is 0.473. The summed E-state index contributed by atoms with van der Waals surface area (Å²) in [5.74, 6) is 1.60. The van der Waals surface area contributed by atoms with Crippen LogP contribution in [0.25, 0.3) is 0 Å². The van der Waals surface area contributed by atoms with Gasteiger partial charge < -0.3 is 20.7 Å². The number of nitrogens with one attached hydrogen (secondary N) is 3. The summed E-state index contributed by atoms with van der Waals surface area (Å²) in [6, 6.07) is 6.37. The van der Waals surface area contributed by atoms with Crippen LogP contribution in [0.2, 0.25) is 0 Å². The van der Waals surface area contributed by atoms with Crippen molar-refractivity contribution >= 4 is 11.9 Å². The highest BCUT2D eigenvalue weighted by atomic mass is 16.5. The Labute approximate surface area is 151 Å². The van der Waals surface area contributed by atoms with Crippen LogP contribution in [0.5, 0.6) is 5.75 Å². The number of guanidine groups is 1. The minimum absolute atomic E-state index is 0.0504. The number of carbonyl (C=O) groups excluding carboxylic acids is 1. The predicted molar refractivity (Wildman–Crippen MR) is 103 cm³/mol. The first-order valence-corrected chi connectivity index (χ1v) is 8.96. The molecule has 0 radical (unpaired) electrons. The molecule has 25 heavy (non-hydrogen) atoms. The van der Waals surface area contributed by atoms with E-state index in [0.29, 0.717) is 32.1 Å². The molecule has 6 nitrogen and oxygen atoms in total. The molecule has 0 heterocycles. The molecular formula is C19H32N4O2. The van der Waals surface area contributed by atoms with Gasteiger partial charge in [-0.3, -0.25) is 9.79 Å². The number of aliphatic imine (C=N–C) groups is 1. The topological polar surface area (TPSA) is 74.8 Å². The van der Waals surface area contributed by atoms with Crippen LogP contribution in [0.4, 0.5) is 0 Å². The van der Waals surface area contributed by atoms with E-state index in [4.69, 9.17) is 4.74 Å². The molecule has 1 rings (SSSR count). The summed E-state index contributed by atoms with van der Waals surface area (Å²) in [6.45, 7) is 9.85. The number of nitrogens with zero attached hydrogens (tertiary/aromatic N) is 1. The Morgan fingerprint density at radius 2 is 2.04 bits per heavy atom. The van der Waals surface area contributed by atoms with Gasteiger partial charge in [0.25, 0.3) is 0 Å². The normalized spacial score (nSPS) is 12.4. The van der Waals surface area contributed by atoms with Crippen LogP contribution in [-0.4, -0.2) is 38.1 Å². The molecule has 0 spiro atoms. The second kappa shape index (κ2) is 11.3. The fourth-order valence-corrected chi connectivity index (χ4v) is 2.24. The van der Waals surface area contributed by atoms with Gasteiger partial charge in [0.15, 0.2) is 5.96 Å². The zero-order valence-electron chi connectivity index (χ0n) is 16.1. The summed E-state index contributed by atoms with van der Waals surface area (Å²) >= 11 is 0. The van der Waals surface area contributed by atoms with Gasteiger partial charge in [-0.05, 0) is 38.8 Å². The molecule has 6 heteroatoms. The van der Waals surface area contributed by atoms with Gasteiger partial charge in [0.05, 0.1) is 6.61 Å². The molecule has 1 aromatic rings. The number of amides is 1. The number of ether oxygens (including phenoxy) is 1. The van der Waals surface area contributed by atoms with E-state index in [1.54, 1.807) is 7.05 Å². The number of hydrogen-bond acceptors (Lipinski definition) is 3. The summed E-state index contributed by atoms with van der Waals surface area (Å²) in [7, 11) is 1.72. The van der Waals surface area contributed by atoms with Crippen LogP contribution >= 0.6 is 0 Å². The van der Waals surface area contributed by atoms with E-state index in [0.717, 1.165) is 17.7 Å². The third-order valence-electron chi connectivity index (χ3n) is 3.86. The highest BCUT2D eigenvalue weighted by molar-refractivity contribution is 5.81. The van der Waals surface area contributed by atoms with Gasteiger partial charge in [-0.2, -0.15) is 0 Å². The maximum absolute atomic E-state index is 11.8. The van der Waals surface area contributed by atoms with Gasteiger partial charge >= 0.3 is 0 Å². The highest BCUT2D eigenvalue weighted by Gasteiger charge is 2.07. The smallest absolute Gasteiger partial charge is 0.221 e. The first kappa shape index (κ1) is 20.8. The highest BCUT2D eigenvalue weighted by Crippen LogP contribution is 2.20. The van der Waals surface area contributed by atoms with E-state index in [2.05, 4.69) is 40.0 Å².